The molecule has 0 bridgehead atoms. The van der Waals surface area contributed by atoms with E-state index in [2.05, 4.69) is 0 Å². The summed E-state index contributed by atoms with van der Waals surface area (Å²) >= 11 is 5.76. The highest BCUT2D eigenvalue weighted by molar-refractivity contribution is 6.32. The number of halogens is 4. The first-order valence-corrected chi connectivity index (χ1v) is 5.99. The summed E-state index contributed by atoms with van der Waals surface area (Å²) in [6, 6.07) is 7.46. The minimum Gasteiger partial charge on any atom is -0.504 e. The topological polar surface area (TPSA) is 29.5 Å². The number of aryl methyl sites for hydroxylation is 1. The van der Waals surface area contributed by atoms with Gasteiger partial charge in [0.15, 0.2) is 11.5 Å². The second-order valence-electron chi connectivity index (χ2n) is 4.22. The van der Waals surface area contributed by atoms with Crippen LogP contribution >= 0.6 is 11.6 Å². The molecule has 2 aromatic carbocycles. The molecule has 2 nitrogen and oxygen atoms in total. The predicted octanol–water partition coefficient (Wildman–Crippen LogP) is 5.17. The van der Waals surface area contributed by atoms with Crippen molar-refractivity contribution in [3.05, 3.63) is 52.5 Å². The fraction of sp³-hybridized carbons (Fsp3) is 0.143. The maximum Gasteiger partial charge on any atom is 0.416 e. The van der Waals surface area contributed by atoms with Gasteiger partial charge in [-0.15, -0.1) is 0 Å². The van der Waals surface area contributed by atoms with E-state index < -0.39 is 11.7 Å². The Morgan fingerprint density at radius 1 is 1.05 bits per heavy atom. The molecule has 0 spiro atoms. The van der Waals surface area contributed by atoms with Gasteiger partial charge in [-0.1, -0.05) is 17.7 Å². The quantitative estimate of drug-likeness (QED) is 0.829. The smallest absolute Gasteiger partial charge is 0.416 e. The van der Waals surface area contributed by atoms with E-state index in [1.54, 1.807) is 13.0 Å². The molecule has 0 heterocycles. The number of hydrogen-bond acceptors (Lipinski definition) is 2. The van der Waals surface area contributed by atoms with Gasteiger partial charge in [0.2, 0.25) is 0 Å². The van der Waals surface area contributed by atoms with Crippen LogP contribution in [-0.2, 0) is 6.18 Å². The molecule has 0 saturated carbocycles. The molecule has 0 aliphatic rings. The summed E-state index contributed by atoms with van der Waals surface area (Å²) < 4.78 is 42.8. The van der Waals surface area contributed by atoms with Crippen molar-refractivity contribution in [3.63, 3.8) is 0 Å². The predicted molar refractivity (Wildman–Crippen MR) is 69.4 cm³/mol. The highest BCUT2D eigenvalue weighted by atomic mass is 35.5. The van der Waals surface area contributed by atoms with Gasteiger partial charge in [0.05, 0.1) is 10.6 Å². The highest BCUT2D eigenvalue weighted by Gasteiger charge is 2.31. The van der Waals surface area contributed by atoms with Gasteiger partial charge < -0.3 is 9.84 Å². The van der Waals surface area contributed by atoms with Crippen LogP contribution in [0.1, 0.15) is 11.1 Å². The van der Waals surface area contributed by atoms with Crippen molar-refractivity contribution in [3.8, 4) is 17.2 Å². The monoisotopic (exact) mass is 302 g/mol. The van der Waals surface area contributed by atoms with Crippen molar-refractivity contribution in [2.24, 2.45) is 0 Å². The molecular formula is C14H10ClF3O2. The Hall–Kier alpha value is -1.88. The zero-order valence-corrected chi connectivity index (χ0v) is 11.1. The van der Waals surface area contributed by atoms with Crippen LogP contribution < -0.4 is 4.74 Å². The zero-order valence-electron chi connectivity index (χ0n) is 10.3. The third kappa shape index (κ3) is 3.17. The Labute approximate surface area is 118 Å². The van der Waals surface area contributed by atoms with E-state index in [-0.39, 0.29) is 22.3 Å². The van der Waals surface area contributed by atoms with Crippen LogP contribution in [0.15, 0.2) is 36.4 Å². The minimum absolute atomic E-state index is 0.0406. The Kier molecular flexibility index (Phi) is 3.81. The number of rotatable bonds is 2. The summed E-state index contributed by atoms with van der Waals surface area (Å²) in [6.07, 6.45) is -4.46. The molecule has 0 saturated heterocycles. The molecule has 1 N–H and O–H groups in total. The molecule has 20 heavy (non-hydrogen) atoms. The van der Waals surface area contributed by atoms with E-state index in [0.29, 0.717) is 0 Å². The largest absolute Gasteiger partial charge is 0.504 e. The van der Waals surface area contributed by atoms with E-state index >= 15 is 0 Å². The summed E-state index contributed by atoms with van der Waals surface area (Å²) in [5.41, 5.74) is -0.0312. The van der Waals surface area contributed by atoms with E-state index in [1.807, 2.05) is 0 Å². The second-order valence-corrected chi connectivity index (χ2v) is 4.62. The fourth-order valence-electron chi connectivity index (χ4n) is 1.59. The number of alkyl halides is 3. The Morgan fingerprint density at radius 3 is 2.25 bits per heavy atom. The van der Waals surface area contributed by atoms with Gasteiger partial charge in [0.25, 0.3) is 0 Å². The van der Waals surface area contributed by atoms with Gasteiger partial charge >= 0.3 is 6.18 Å². The lowest BCUT2D eigenvalue weighted by molar-refractivity contribution is -0.137. The van der Waals surface area contributed by atoms with Crippen molar-refractivity contribution in [2.45, 2.75) is 13.1 Å². The number of aromatic hydroxyl groups is 1. The molecule has 0 fully saturated rings. The molecular weight excluding hydrogens is 293 g/mol. The molecule has 0 radical (unpaired) electrons. The van der Waals surface area contributed by atoms with Crippen molar-refractivity contribution in [1.82, 2.24) is 0 Å². The molecule has 0 aromatic heterocycles. The highest BCUT2D eigenvalue weighted by Crippen LogP contribution is 2.38. The first-order valence-electron chi connectivity index (χ1n) is 5.61. The second kappa shape index (κ2) is 5.25. The molecule has 0 aliphatic carbocycles. The number of benzene rings is 2. The molecule has 2 rings (SSSR count). The van der Waals surface area contributed by atoms with Crippen LogP contribution in [0.4, 0.5) is 13.2 Å². The Balaban J connectivity index is 2.30. The van der Waals surface area contributed by atoms with Crippen LogP contribution in [0.5, 0.6) is 17.2 Å². The van der Waals surface area contributed by atoms with Crippen LogP contribution in [0.25, 0.3) is 0 Å². The van der Waals surface area contributed by atoms with Gasteiger partial charge in [-0.05, 0) is 42.8 Å². The molecule has 106 valence electrons. The normalized spacial score (nSPS) is 11.4. The van der Waals surface area contributed by atoms with Gasteiger partial charge in [0, 0.05) is 0 Å². The third-order valence-electron chi connectivity index (χ3n) is 2.59. The molecule has 6 heteroatoms. The summed E-state index contributed by atoms with van der Waals surface area (Å²) in [5.74, 6) is 0.0528. The van der Waals surface area contributed by atoms with Crippen molar-refractivity contribution in [1.29, 1.82) is 0 Å². The van der Waals surface area contributed by atoms with Crippen LogP contribution in [-0.4, -0.2) is 5.11 Å². The average molecular weight is 303 g/mol. The van der Waals surface area contributed by atoms with Crippen LogP contribution in [0.3, 0.4) is 0 Å². The van der Waals surface area contributed by atoms with Gasteiger partial charge in [-0.25, -0.2) is 0 Å². The Morgan fingerprint density at radius 2 is 1.70 bits per heavy atom. The van der Waals surface area contributed by atoms with E-state index in [0.717, 1.165) is 23.8 Å². The maximum atomic E-state index is 12.5. The molecule has 0 amide bonds. The molecule has 0 unspecified atom stereocenters. The SMILES string of the molecule is Cc1ccc(Oc2ccc(C(F)(F)F)cc2Cl)c(O)c1. The van der Waals surface area contributed by atoms with Crippen molar-refractivity contribution in [2.75, 3.05) is 0 Å². The summed E-state index contributed by atoms with van der Waals surface area (Å²) in [5, 5.41) is 9.50. The first kappa shape index (κ1) is 14.5. The van der Waals surface area contributed by atoms with Crippen LogP contribution in [0, 0.1) is 6.92 Å². The lowest BCUT2D eigenvalue weighted by atomic mass is 10.2. The molecule has 2 aromatic rings. The van der Waals surface area contributed by atoms with E-state index in [4.69, 9.17) is 16.3 Å². The standard InChI is InChI=1S/C14H10ClF3O2/c1-8-2-4-13(11(19)6-8)20-12-5-3-9(7-10(12)15)14(16,17)18/h2-7,19H,1H3. The minimum atomic E-state index is -4.46. The lowest BCUT2D eigenvalue weighted by Gasteiger charge is -2.12. The Bertz CT molecular complexity index is 639. The van der Waals surface area contributed by atoms with Crippen molar-refractivity contribution < 1.29 is 23.0 Å². The summed E-state index contributed by atoms with van der Waals surface area (Å²) in [4.78, 5) is 0. The number of ether oxygens (including phenoxy) is 1. The average Bonchev–Trinajstić information content (AvgIpc) is 2.33. The summed E-state index contributed by atoms with van der Waals surface area (Å²) in [6.45, 7) is 1.79. The molecule has 0 atom stereocenters. The third-order valence-corrected chi connectivity index (χ3v) is 2.89. The van der Waals surface area contributed by atoms with Crippen molar-refractivity contribution >= 4 is 11.6 Å². The number of hydrogen-bond donors (Lipinski definition) is 1. The van der Waals surface area contributed by atoms with Gasteiger partial charge in [-0.2, -0.15) is 13.2 Å². The van der Waals surface area contributed by atoms with Crippen LogP contribution in [0.2, 0.25) is 5.02 Å². The number of phenols is 1. The van der Waals surface area contributed by atoms with E-state index in [1.165, 1.54) is 12.1 Å². The lowest BCUT2D eigenvalue weighted by Crippen LogP contribution is -2.04. The molecule has 0 aliphatic heterocycles. The van der Waals surface area contributed by atoms with E-state index in [9.17, 15) is 18.3 Å². The maximum absolute atomic E-state index is 12.5. The summed E-state index contributed by atoms with van der Waals surface area (Å²) in [7, 11) is 0. The first-order chi connectivity index (χ1) is 9.27. The fourth-order valence-corrected chi connectivity index (χ4v) is 1.81. The number of phenolic OH excluding ortho intramolecular Hbond substituents is 1. The van der Waals surface area contributed by atoms with Gasteiger partial charge in [0.1, 0.15) is 5.75 Å². The zero-order chi connectivity index (χ0) is 14.9. The van der Waals surface area contributed by atoms with Gasteiger partial charge in [-0.3, -0.25) is 0 Å².